The van der Waals surface area contributed by atoms with Gasteiger partial charge in [0.2, 0.25) is 5.78 Å². The van der Waals surface area contributed by atoms with Crippen LogP contribution < -0.4 is 0 Å². The van der Waals surface area contributed by atoms with E-state index in [0.29, 0.717) is 44.1 Å². The summed E-state index contributed by atoms with van der Waals surface area (Å²) in [5.41, 5.74) is -5.44. The molecular weight excluding hydrogens is 627 g/mol. The first-order valence-corrected chi connectivity index (χ1v) is 19.0. The third-order valence-electron chi connectivity index (χ3n) is 12.4. The zero-order valence-electron chi connectivity index (χ0n) is 30.7. The van der Waals surface area contributed by atoms with Crippen LogP contribution in [-0.4, -0.2) is 53.5 Å². The Kier molecular flexibility index (Phi) is 12.7. The van der Waals surface area contributed by atoms with Gasteiger partial charge in [-0.1, -0.05) is 84.8 Å². The number of Topliss-reactive ketones (excluding diaryl/α,β-unsaturated/α-hetero) is 1. The number of carbonyl (C=O) groups is 5. The van der Waals surface area contributed by atoms with Crippen LogP contribution in [0.25, 0.3) is 0 Å². The fourth-order valence-corrected chi connectivity index (χ4v) is 9.82. The largest absolute Gasteiger partial charge is 0.459 e. The molecule has 4 aliphatic rings. The summed E-state index contributed by atoms with van der Waals surface area (Å²) in [6.07, 6.45) is 12.1. The van der Waals surface area contributed by atoms with Gasteiger partial charge < -0.3 is 14.2 Å². The molecule has 3 fully saturated rings. The van der Waals surface area contributed by atoms with Crippen LogP contribution in [0.2, 0.25) is 0 Å². The highest BCUT2D eigenvalue weighted by atomic mass is 19.1. The minimum absolute atomic E-state index is 0.0579. The molecule has 0 spiro atoms. The molecule has 0 aromatic heterocycles. The van der Waals surface area contributed by atoms with Gasteiger partial charge in [0.05, 0.1) is 0 Å². The van der Waals surface area contributed by atoms with Gasteiger partial charge in [-0.3, -0.25) is 24.0 Å². The number of hydrogen-bond donors (Lipinski definition) is 0. The maximum Gasteiger partial charge on any atom is 0.306 e. The van der Waals surface area contributed by atoms with Crippen molar-refractivity contribution in [3.05, 3.63) is 23.8 Å². The Bertz CT molecular complexity index is 1320. The SMILES string of the molecule is CCCCCC(=O)OCC(=O)[C@@]1(OC(=O)CCCCC)[C@H](C)C[C@H]2[C@@H]3CCC4=CC(=O)C=C[C@]4(C)[C@@]3(F)[C@H](OC(=O)CCCCC)C[C@@]21C. The van der Waals surface area contributed by atoms with Gasteiger partial charge in [0.15, 0.2) is 23.7 Å². The highest BCUT2D eigenvalue weighted by Gasteiger charge is 2.78. The number of ether oxygens (including phenoxy) is 3. The molecule has 4 aliphatic carbocycles. The van der Waals surface area contributed by atoms with Crippen molar-refractivity contribution in [1.82, 2.24) is 0 Å². The Hall–Kier alpha value is -2.84. The van der Waals surface area contributed by atoms with Crippen LogP contribution in [0, 0.1) is 28.6 Å². The number of rotatable bonds is 17. The summed E-state index contributed by atoms with van der Waals surface area (Å²) in [6.45, 7) is 11.1. The van der Waals surface area contributed by atoms with E-state index in [1.807, 2.05) is 34.6 Å². The molecule has 0 aliphatic heterocycles. The number of allylic oxidation sites excluding steroid dienone is 4. The molecule has 0 amide bonds. The van der Waals surface area contributed by atoms with E-state index in [2.05, 4.69) is 0 Å². The molecule has 49 heavy (non-hydrogen) atoms. The van der Waals surface area contributed by atoms with Crippen LogP contribution in [0.5, 0.6) is 0 Å². The molecular formula is C40H59FO8. The van der Waals surface area contributed by atoms with E-state index in [1.165, 1.54) is 12.2 Å². The molecule has 0 radical (unpaired) electrons. The van der Waals surface area contributed by atoms with Crippen molar-refractivity contribution >= 4 is 29.5 Å². The van der Waals surface area contributed by atoms with Crippen molar-refractivity contribution in [3.8, 4) is 0 Å². The van der Waals surface area contributed by atoms with Crippen molar-refractivity contribution in [3.63, 3.8) is 0 Å². The number of halogens is 1. The van der Waals surface area contributed by atoms with Crippen LogP contribution in [-0.2, 0) is 38.2 Å². The summed E-state index contributed by atoms with van der Waals surface area (Å²) in [4.78, 5) is 66.7. The lowest BCUT2D eigenvalue weighted by atomic mass is 9.44. The third-order valence-corrected chi connectivity index (χ3v) is 12.4. The van der Waals surface area contributed by atoms with Gasteiger partial charge in [0.25, 0.3) is 0 Å². The smallest absolute Gasteiger partial charge is 0.306 e. The van der Waals surface area contributed by atoms with Crippen LogP contribution >= 0.6 is 0 Å². The molecule has 274 valence electrons. The molecule has 0 N–H and O–H groups in total. The number of carbonyl (C=O) groups excluding carboxylic acids is 5. The topological polar surface area (TPSA) is 113 Å². The Morgan fingerprint density at radius 3 is 2.06 bits per heavy atom. The quantitative estimate of drug-likeness (QED) is 0.0854. The number of fused-ring (bicyclic) bond motifs is 5. The van der Waals surface area contributed by atoms with E-state index in [9.17, 15) is 24.0 Å². The fourth-order valence-electron chi connectivity index (χ4n) is 9.82. The van der Waals surface area contributed by atoms with Crippen molar-refractivity contribution in [2.24, 2.45) is 28.6 Å². The summed E-state index contributed by atoms with van der Waals surface area (Å²) < 4.78 is 36.7. The molecule has 0 saturated heterocycles. The molecule has 8 nitrogen and oxygen atoms in total. The van der Waals surface area contributed by atoms with Gasteiger partial charge in [-0.15, -0.1) is 0 Å². The number of hydrogen-bond acceptors (Lipinski definition) is 8. The summed E-state index contributed by atoms with van der Waals surface area (Å²) in [5, 5.41) is 0. The lowest BCUT2D eigenvalue weighted by Gasteiger charge is -2.63. The van der Waals surface area contributed by atoms with E-state index in [0.717, 1.165) is 38.5 Å². The molecule has 0 aromatic rings. The minimum Gasteiger partial charge on any atom is -0.459 e. The second-order valence-corrected chi connectivity index (χ2v) is 15.5. The van der Waals surface area contributed by atoms with Gasteiger partial charge in [-0.05, 0) is 69.9 Å². The van der Waals surface area contributed by atoms with Gasteiger partial charge in [-0.2, -0.15) is 0 Å². The van der Waals surface area contributed by atoms with E-state index in [1.54, 1.807) is 13.0 Å². The van der Waals surface area contributed by atoms with Crippen LogP contribution in [0.15, 0.2) is 23.8 Å². The second-order valence-electron chi connectivity index (χ2n) is 15.5. The molecule has 0 aromatic carbocycles. The van der Waals surface area contributed by atoms with Crippen molar-refractivity contribution < 1.29 is 42.6 Å². The Morgan fingerprint density at radius 2 is 1.45 bits per heavy atom. The Balaban J connectivity index is 1.79. The van der Waals surface area contributed by atoms with Crippen LogP contribution in [0.4, 0.5) is 4.39 Å². The molecule has 4 rings (SSSR count). The molecule has 9 heteroatoms. The average Bonchev–Trinajstić information content (AvgIpc) is 3.27. The first kappa shape index (κ1) is 39.0. The Labute approximate surface area is 292 Å². The zero-order chi connectivity index (χ0) is 36.0. The van der Waals surface area contributed by atoms with Crippen molar-refractivity contribution in [1.29, 1.82) is 0 Å². The van der Waals surface area contributed by atoms with E-state index < -0.39 is 76.3 Å². The number of esters is 3. The monoisotopic (exact) mass is 686 g/mol. The van der Waals surface area contributed by atoms with Crippen molar-refractivity contribution in [2.45, 2.75) is 162 Å². The maximum absolute atomic E-state index is 18.6. The molecule has 0 bridgehead atoms. The number of ketones is 2. The first-order chi connectivity index (χ1) is 23.2. The summed E-state index contributed by atoms with van der Waals surface area (Å²) in [7, 11) is 0. The lowest BCUT2D eigenvalue weighted by Crippen LogP contribution is -2.70. The fraction of sp³-hybridized carbons (Fsp3) is 0.775. The summed E-state index contributed by atoms with van der Waals surface area (Å²) >= 11 is 0. The summed E-state index contributed by atoms with van der Waals surface area (Å²) in [6, 6.07) is 0. The standard InChI is InChI=1S/C40H59FO8/c1-7-10-13-16-34(44)47-26-32(43)40(49-36(46)18-15-12-9-3)27(4)23-31-30-20-19-28-24-29(42)21-22-37(28,5)39(30,41)33(25-38(31,40)6)48-35(45)17-14-11-8-2/h21-22,24,27,30-31,33H,7-20,23,25-26H2,1-6H3/t27-,30+,31+,33-,37+,38+,39+,40+/m1/s1. The van der Waals surface area contributed by atoms with Gasteiger partial charge >= 0.3 is 17.9 Å². The highest BCUT2D eigenvalue weighted by molar-refractivity contribution is 6.01. The van der Waals surface area contributed by atoms with E-state index in [4.69, 9.17) is 14.2 Å². The predicted octanol–water partition coefficient (Wildman–Crippen LogP) is 8.29. The second kappa shape index (κ2) is 16.0. The Morgan fingerprint density at radius 1 is 0.857 bits per heavy atom. The van der Waals surface area contributed by atoms with Crippen LogP contribution in [0.1, 0.15) is 144 Å². The molecule has 3 saturated carbocycles. The van der Waals surface area contributed by atoms with Crippen molar-refractivity contribution in [2.75, 3.05) is 6.61 Å². The molecule has 8 atom stereocenters. The molecule has 0 heterocycles. The predicted molar refractivity (Wildman–Crippen MR) is 184 cm³/mol. The van der Waals surface area contributed by atoms with Gasteiger partial charge in [-0.25, -0.2) is 4.39 Å². The summed E-state index contributed by atoms with van der Waals surface area (Å²) in [5.74, 6) is -3.80. The van der Waals surface area contributed by atoms with E-state index >= 15 is 4.39 Å². The normalized spacial score (nSPS) is 34.7. The maximum atomic E-state index is 18.6. The number of alkyl halides is 1. The highest BCUT2D eigenvalue weighted by Crippen LogP contribution is 2.72. The number of unbranched alkanes of at least 4 members (excludes halogenated alkanes) is 6. The first-order valence-electron chi connectivity index (χ1n) is 19.0. The molecule has 0 unspecified atom stereocenters. The van der Waals surface area contributed by atoms with E-state index in [-0.39, 0.29) is 31.5 Å². The zero-order valence-corrected chi connectivity index (χ0v) is 30.7. The lowest BCUT2D eigenvalue weighted by molar-refractivity contribution is -0.236. The van der Waals surface area contributed by atoms with Gasteiger partial charge in [0.1, 0.15) is 6.10 Å². The average molecular weight is 687 g/mol. The minimum atomic E-state index is -2.07. The van der Waals surface area contributed by atoms with Crippen LogP contribution in [0.3, 0.4) is 0 Å². The third kappa shape index (κ3) is 7.19. The van der Waals surface area contributed by atoms with Gasteiger partial charge in [0, 0.05) is 41.9 Å².